The maximum Gasteiger partial charge on any atom is 0.133 e. The summed E-state index contributed by atoms with van der Waals surface area (Å²) >= 11 is 0. The molecule has 0 radical (unpaired) electrons. The molecule has 4 aromatic rings. The number of nitrogens with zero attached hydrogens (tertiary/aromatic N) is 4. The van der Waals surface area contributed by atoms with E-state index in [1.807, 2.05) is 12.2 Å². The minimum absolute atomic E-state index is 0.836. The summed E-state index contributed by atoms with van der Waals surface area (Å²) in [6, 6.07) is 34.5. The maximum absolute atomic E-state index is 12.6. The zero-order chi connectivity index (χ0) is 40.6. The molecular weight excluding hydrogens is 712 g/mol. The standard InChI is InChI=1S/C45H60N4O.ClHO4/c1-9-46(10-2)40-27-19-36(20-28-40)44(37-21-29-41(30-22-37)47(11-3)12-4)18-17-35-45(50,38-23-31-42(32-24-38)48(13-5)14-6)39-25-33-43(34-26-39)49(15-7)16-8;2-1(3,4)5/h17-35,50H,9-16H2,1-8H3;(H,2,3,4,5)/b35-17+;. The van der Waals surface area contributed by atoms with Crippen LogP contribution in [0.25, 0.3) is 5.57 Å². The SMILES string of the molecule is CCN(CC)c1ccc(C(=C/C=C/C(O)(c2ccc(N(CC)CC)cc2)c2ccc(N(CC)CC)cc2)c2ccc(N(CC)CC)cc2)cc1.[O-][Cl+3]([O-])([O-])O. The summed E-state index contributed by atoms with van der Waals surface area (Å²) in [5.41, 5.74) is 8.48. The van der Waals surface area contributed by atoms with Crippen molar-refractivity contribution in [2.45, 2.75) is 61.0 Å². The quantitative estimate of drug-likeness (QED) is 0.120. The molecule has 4 aromatic carbocycles. The minimum Gasteiger partial charge on any atom is -0.377 e. The fraction of sp³-hybridized carbons (Fsp3) is 0.378. The molecule has 298 valence electrons. The first-order valence-electron chi connectivity index (χ1n) is 19.5. The van der Waals surface area contributed by atoms with Gasteiger partial charge in [0.05, 0.1) is 14.9 Å². The van der Waals surface area contributed by atoms with Gasteiger partial charge < -0.3 is 24.7 Å². The van der Waals surface area contributed by atoms with E-state index in [1.165, 1.54) is 11.4 Å². The number of hydrogen-bond donors (Lipinski definition) is 2. The molecule has 0 aliphatic rings. The molecule has 4 rings (SSSR count). The zero-order valence-electron chi connectivity index (χ0n) is 33.9. The topological polar surface area (TPSA) is 123 Å². The van der Waals surface area contributed by atoms with Crippen molar-refractivity contribution in [1.82, 2.24) is 0 Å². The van der Waals surface area contributed by atoms with Gasteiger partial charge >= 0.3 is 0 Å². The van der Waals surface area contributed by atoms with Crippen LogP contribution in [0.5, 0.6) is 0 Å². The van der Waals surface area contributed by atoms with E-state index in [0.717, 1.165) is 91.6 Å². The van der Waals surface area contributed by atoms with Crippen LogP contribution in [0.3, 0.4) is 0 Å². The number of allylic oxidation sites excluding steroid dienone is 2. The number of rotatable bonds is 18. The molecule has 0 saturated heterocycles. The summed E-state index contributed by atoms with van der Waals surface area (Å²) in [6.07, 6.45) is 6.13. The van der Waals surface area contributed by atoms with Crippen LogP contribution in [0.2, 0.25) is 0 Å². The lowest BCUT2D eigenvalue weighted by Crippen LogP contribution is -2.58. The Balaban J connectivity index is 0.00000152. The van der Waals surface area contributed by atoms with Gasteiger partial charge in [-0.3, -0.25) is 0 Å². The van der Waals surface area contributed by atoms with E-state index in [9.17, 15) is 5.11 Å². The fourth-order valence-corrected chi connectivity index (χ4v) is 6.91. The molecular formula is C45H61ClN4O5. The highest BCUT2D eigenvalue weighted by molar-refractivity contribution is 5.82. The summed E-state index contributed by atoms with van der Waals surface area (Å²) in [4.78, 5) is 9.37. The number of aliphatic hydroxyl groups is 1. The second kappa shape index (κ2) is 21.7. The summed E-state index contributed by atoms with van der Waals surface area (Å²) in [5, 5.41) is 12.6. The van der Waals surface area contributed by atoms with Crippen LogP contribution in [-0.4, -0.2) is 62.1 Å². The van der Waals surface area contributed by atoms with Gasteiger partial charge in [0.15, 0.2) is 0 Å². The van der Waals surface area contributed by atoms with Gasteiger partial charge in [0.1, 0.15) is 5.60 Å². The maximum atomic E-state index is 12.6. The van der Waals surface area contributed by atoms with Crippen LogP contribution in [0.1, 0.15) is 77.6 Å². The normalized spacial score (nSPS) is 11.5. The number of anilines is 4. The van der Waals surface area contributed by atoms with E-state index in [1.54, 1.807) is 0 Å². The second-order valence-corrected chi connectivity index (χ2v) is 13.8. The third kappa shape index (κ3) is 12.6. The molecule has 0 aliphatic heterocycles. The molecule has 55 heavy (non-hydrogen) atoms. The molecule has 0 heterocycles. The molecule has 2 N–H and O–H groups in total. The number of hydrogen-bond acceptors (Lipinski definition) is 9. The lowest BCUT2D eigenvalue weighted by molar-refractivity contribution is -1.92. The molecule has 0 atom stereocenters. The molecule has 0 amide bonds. The average Bonchev–Trinajstić information content (AvgIpc) is 3.19. The smallest absolute Gasteiger partial charge is 0.133 e. The molecule has 9 nitrogen and oxygen atoms in total. The number of halogens is 1. The van der Waals surface area contributed by atoms with E-state index < -0.39 is 15.8 Å². The highest BCUT2D eigenvalue weighted by Crippen LogP contribution is 2.35. The second-order valence-electron chi connectivity index (χ2n) is 13.0. The summed E-state index contributed by atoms with van der Waals surface area (Å²) < 4.78 is 32.7. The van der Waals surface area contributed by atoms with E-state index in [-0.39, 0.29) is 0 Å². The first-order chi connectivity index (χ1) is 26.3. The molecule has 0 spiro atoms. The van der Waals surface area contributed by atoms with Crippen LogP contribution in [-0.2, 0) is 5.60 Å². The van der Waals surface area contributed by atoms with Crippen LogP contribution in [0.15, 0.2) is 115 Å². The van der Waals surface area contributed by atoms with E-state index in [2.05, 4.69) is 178 Å². The molecule has 0 saturated carbocycles. The Morgan fingerprint density at radius 3 is 0.964 bits per heavy atom. The Labute approximate surface area is 331 Å². The Morgan fingerprint density at radius 1 is 0.491 bits per heavy atom. The third-order valence-electron chi connectivity index (χ3n) is 10.1. The zero-order valence-corrected chi connectivity index (χ0v) is 34.7. The first kappa shape index (κ1) is 45.0. The van der Waals surface area contributed by atoms with Crippen LogP contribution < -0.4 is 33.6 Å². The van der Waals surface area contributed by atoms with Gasteiger partial charge in [-0.05, 0) is 138 Å². The first-order valence-corrected chi connectivity index (χ1v) is 20.7. The van der Waals surface area contributed by atoms with Gasteiger partial charge in [-0.25, -0.2) is 0 Å². The largest absolute Gasteiger partial charge is 0.377 e. The van der Waals surface area contributed by atoms with Crippen molar-refractivity contribution in [2.75, 3.05) is 72.0 Å². The van der Waals surface area contributed by atoms with Gasteiger partial charge in [0, 0.05) is 75.1 Å². The molecule has 0 fully saturated rings. The molecule has 0 unspecified atom stereocenters. The Bertz CT molecular complexity index is 1620. The van der Waals surface area contributed by atoms with Gasteiger partial charge in [0.2, 0.25) is 0 Å². The molecule has 0 aromatic heterocycles. The van der Waals surface area contributed by atoms with E-state index in [0.29, 0.717) is 0 Å². The van der Waals surface area contributed by atoms with Crippen molar-refractivity contribution >= 4 is 28.3 Å². The third-order valence-corrected chi connectivity index (χ3v) is 10.1. The van der Waals surface area contributed by atoms with Crippen molar-refractivity contribution < 1.29 is 34.0 Å². The molecule has 0 aliphatic carbocycles. The summed E-state index contributed by atoms with van der Waals surface area (Å²) in [5.74, 6) is 0. The van der Waals surface area contributed by atoms with Gasteiger partial charge in [-0.2, -0.15) is 14.0 Å². The van der Waals surface area contributed by atoms with Gasteiger partial charge in [-0.15, -0.1) is 0 Å². The fourth-order valence-electron chi connectivity index (χ4n) is 6.91. The van der Waals surface area contributed by atoms with Crippen molar-refractivity contribution in [2.24, 2.45) is 0 Å². The van der Waals surface area contributed by atoms with Crippen LogP contribution in [0, 0.1) is 10.2 Å². The van der Waals surface area contributed by atoms with Crippen molar-refractivity contribution in [1.29, 1.82) is 0 Å². The van der Waals surface area contributed by atoms with Crippen molar-refractivity contribution in [3.63, 3.8) is 0 Å². The minimum atomic E-state index is -4.69. The molecule has 10 heteroatoms. The lowest BCUT2D eigenvalue weighted by Gasteiger charge is -2.29. The van der Waals surface area contributed by atoms with Crippen LogP contribution in [0.4, 0.5) is 22.7 Å². The van der Waals surface area contributed by atoms with Crippen LogP contribution >= 0.6 is 0 Å². The predicted octanol–water partition coefficient (Wildman–Crippen LogP) is 5.87. The van der Waals surface area contributed by atoms with Crippen molar-refractivity contribution in [3.05, 3.63) is 138 Å². The van der Waals surface area contributed by atoms with Gasteiger partial charge in [-0.1, -0.05) is 60.7 Å². The Kier molecular flexibility index (Phi) is 17.7. The Hall–Kier alpha value is -4.35. The van der Waals surface area contributed by atoms with E-state index >= 15 is 0 Å². The Morgan fingerprint density at radius 2 is 0.727 bits per heavy atom. The number of benzene rings is 4. The average molecular weight is 773 g/mol. The van der Waals surface area contributed by atoms with E-state index in [4.69, 9.17) is 18.6 Å². The lowest BCUT2D eigenvalue weighted by atomic mass is 9.85. The predicted molar refractivity (Wildman–Crippen MR) is 221 cm³/mol. The summed E-state index contributed by atoms with van der Waals surface area (Å²) in [6.45, 7) is 25.1. The monoisotopic (exact) mass is 772 g/mol. The molecule has 0 bridgehead atoms. The summed E-state index contributed by atoms with van der Waals surface area (Å²) in [7, 11) is -4.69. The van der Waals surface area contributed by atoms with Crippen molar-refractivity contribution in [3.8, 4) is 0 Å². The van der Waals surface area contributed by atoms with Gasteiger partial charge in [0.25, 0.3) is 0 Å². The highest BCUT2D eigenvalue weighted by Gasteiger charge is 2.29. The highest BCUT2D eigenvalue weighted by atomic mass is 35.7.